The Hall–Kier alpha value is -1.90. The fourth-order valence-electron chi connectivity index (χ4n) is 3.06. The van der Waals surface area contributed by atoms with E-state index >= 15 is 0 Å². The zero-order valence-corrected chi connectivity index (χ0v) is 16.3. The fourth-order valence-corrected chi connectivity index (χ4v) is 4.36. The summed E-state index contributed by atoms with van der Waals surface area (Å²) in [4.78, 5) is 3.73. The summed E-state index contributed by atoms with van der Waals surface area (Å²) in [6, 6.07) is 7.25. The highest BCUT2D eigenvalue weighted by atomic mass is 35.5. The molecule has 1 aliphatic heterocycles. The molecule has 9 heteroatoms. The minimum Gasteiger partial charge on any atom is -0.367 e. The Bertz CT molecular complexity index is 932. The summed E-state index contributed by atoms with van der Waals surface area (Å²) in [5, 5.41) is 0.350. The zero-order valence-electron chi connectivity index (χ0n) is 14.8. The van der Waals surface area contributed by atoms with Crippen molar-refractivity contribution in [3.05, 3.63) is 53.1 Å². The molecule has 1 aliphatic rings. The third-order valence-electron chi connectivity index (χ3n) is 4.55. The molecule has 5 nitrogen and oxygen atoms in total. The first-order valence-electron chi connectivity index (χ1n) is 8.55. The Morgan fingerprint density at radius 1 is 1.07 bits per heavy atom. The average Bonchev–Trinajstić information content (AvgIpc) is 2.61. The quantitative estimate of drug-likeness (QED) is 0.811. The number of piperazine rings is 1. The van der Waals surface area contributed by atoms with Gasteiger partial charge in [0.1, 0.15) is 16.5 Å². The van der Waals surface area contributed by atoms with Crippen molar-refractivity contribution < 1.29 is 17.2 Å². The van der Waals surface area contributed by atoms with Gasteiger partial charge in [0.05, 0.1) is 11.4 Å². The van der Waals surface area contributed by atoms with E-state index in [1.807, 2.05) is 0 Å². The molecule has 0 bridgehead atoms. The Kier molecular flexibility index (Phi) is 5.88. The summed E-state index contributed by atoms with van der Waals surface area (Å²) in [5.74, 6) is -1.99. The van der Waals surface area contributed by atoms with E-state index in [-0.39, 0.29) is 5.69 Å². The number of nitrogens with zero attached hydrogens (tertiary/aromatic N) is 2. The molecule has 3 rings (SSSR count). The number of likely N-dealkylation sites (N-methyl/N-ethyl adjacent to an activating group) is 1. The zero-order chi connectivity index (χ0) is 19.6. The third kappa shape index (κ3) is 4.51. The van der Waals surface area contributed by atoms with Crippen molar-refractivity contribution in [3.63, 3.8) is 0 Å². The number of anilines is 2. The molecule has 0 atom stereocenters. The highest BCUT2D eigenvalue weighted by molar-refractivity contribution is 7.92. The Balaban J connectivity index is 1.91. The van der Waals surface area contributed by atoms with E-state index in [1.54, 1.807) is 12.1 Å². The average molecular weight is 416 g/mol. The van der Waals surface area contributed by atoms with Gasteiger partial charge < -0.3 is 9.80 Å². The maximum atomic E-state index is 14.0. The number of rotatable bonds is 5. The Morgan fingerprint density at radius 3 is 2.41 bits per heavy atom. The molecule has 2 aromatic carbocycles. The van der Waals surface area contributed by atoms with Crippen LogP contribution in [0.15, 0.2) is 41.3 Å². The molecule has 0 saturated carbocycles. The summed E-state index contributed by atoms with van der Waals surface area (Å²) in [5.41, 5.74) is 0.928. The van der Waals surface area contributed by atoms with Crippen LogP contribution in [-0.2, 0) is 10.0 Å². The van der Waals surface area contributed by atoms with E-state index in [4.69, 9.17) is 11.6 Å². The second-order valence-electron chi connectivity index (χ2n) is 6.26. The summed E-state index contributed by atoms with van der Waals surface area (Å²) >= 11 is 6.04. The number of halogens is 3. The van der Waals surface area contributed by atoms with Gasteiger partial charge in [-0.05, 0) is 36.9 Å². The Labute approximate surface area is 162 Å². The molecular weight excluding hydrogens is 396 g/mol. The van der Waals surface area contributed by atoms with E-state index < -0.39 is 26.6 Å². The van der Waals surface area contributed by atoms with Crippen LogP contribution in [-0.4, -0.2) is 46.0 Å². The summed E-state index contributed by atoms with van der Waals surface area (Å²) < 4.78 is 54.7. The number of hydrogen-bond donors (Lipinski definition) is 1. The van der Waals surface area contributed by atoms with Crippen LogP contribution in [0.1, 0.15) is 6.92 Å². The van der Waals surface area contributed by atoms with Crippen molar-refractivity contribution >= 4 is 33.0 Å². The first-order chi connectivity index (χ1) is 12.8. The van der Waals surface area contributed by atoms with Gasteiger partial charge in [0, 0.05) is 37.3 Å². The van der Waals surface area contributed by atoms with Crippen LogP contribution in [0.4, 0.5) is 20.2 Å². The highest BCUT2D eigenvalue weighted by Gasteiger charge is 2.24. The van der Waals surface area contributed by atoms with Gasteiger partial charge in [-0.3, -0.25) is 4.72 Å². The normalized spacial score (nSPS) is 15.8. The molecule has 1 fully saturated rings. The number of benzene rings is 2. The van der Waals surface area contributed by atoms with Crippen molar-refractivity contribution in [2.45, 2.75) is 11.8 Å². The lowest BCUT2D eigenvalue weighted by atomic mass is 10.2. The lowest BCUT2D eigenvalue weighted by molar-refractivity contribution is 0.271. The molecule has 2 aromatic rings. The van der Waals surface area contributed by atoms with Gasteiger partial charge in [0.2, 0.25) is 0 Å². The lowest BCUT2D eigenvalue weighted by Gasteiger charge is -2.36. The number of nitrogens with one attached hydrogen (secondary N) is 1. The van der Waals surface area contributed by atoms with Gasteiger partial charge in [-0.2, -0.15) is 0 Å². The van der Waals surface area contributed by atoms with Crippen molar-refractivity contribution in [1.29, 1.82) is 0 Å². The third-order valence-corrected chi connectivity index (χ3v) is 6.18. The van der Waals surface area contributed by atoms with Crippen LogP contribution in [0.5, 0.6) is 0 Å². The summed E-state index contributed by atoms with van der Waals surface area (Å²) in [7, 11) is -4.24. The first kappa shape index (κ1) is 19.9. The van der Waals surface area contributed by atoms with Crippen molar-refractivity contribution in [2.24, 2.45) is 0 Å². The molecule has 146 valence electrons. The monoisotopic (exact) mass is 415 g/mol. The van der Waals surface area contributed by atoms with Crippen LogP contribution >= 0.6 is 11.6 Å². The van der Waals surface area contributed by atoms with Crippen molar-refractivity contribution in [2.75, 3.05) is 42.3 Å². The van der Waals surface area contributed by atoms with Crippen molar-refractivity contribution in [1.82, 2.24) is 4.90 Å². The van der Waals surface area contributed by atoms with Crippen LogP contribution < -0.4 is 9.62 Å². The molecule has 0 spiro atoms. The minimum absolute atomic E-state index is 0.260. The molecular formula is C18H20ClF2N3O2S. The number of hydrogen-bond acceptors (Lipinski definition) is 4. The molecule has 1 heterocycles. The second kappa shape index (κ2) is 8.00. The fraction of sp³-hybridized carbons (Fsp3) is 0.333. The van der Waals surface area contributed by atoms with Crippen molar-refractivity contribution in [3.8, 4) is 0 Å². The van der Waals surface area contributed by atoms with Crippen LogP contribution in [0.2, 0.25) is 5.02 Å². The molecule has 0 amide bonds. The van der Waals surface area contributed by atoms with E-state index in [2.05, 4.69) is 21.4 Å². The van der Waals surface area contributed by atoms with Gasteiger partial charge in [-0.15, -0.1) is 0 Å². The molecule has 0 unspecified atom stereocenters. The summed E-state index contributed by atoms with van der Waals surface area (Å²) in [6.07, 6.45) is 0. The smallest absolute Gasteiger partial charge is 0.264 e. The largest absolute Gasteiger partial charge is 0.367 e. The van der Waals surface area contributed by atoms with Crippen LogP contribution in [0.25, 0.3) is 0 Å². The molecule has 1 N–H and O–H groups in total. The molecule has 27 heavy (non-hydrogen) atoms. The Morgan fingerprint density at radius 2 is 1.78 bits per heavy atom. The van der Waals surface area contributed by atoms with Gasteiger partial charge in [-0.1, -0.05) is 18.5 Å². The van der Waals surface area contributed by atoms with E-state index in [0.29, 0.717) is 16.8 Å². The van der Waals surface area contributed by atoms with Crippen LogP contribution in [0, 0.1) is 11.6 Å². The number of sulfonamides is 1. The highest BCUT2D eigenvalue weighted by Crippen LogP contribution is 2.32. The second-order valence-corrected chi connectivity index (χ2v) is 8.35. The predicted octanol–water partition coefficient (Wildman–Crippen LogP) is 3.56. The van der Waals surface area contributed by atoms with E-state index in [9.17, 15) is 17.2 Å². The summed E-state index contributed by atoms with van der Waals surface area (Å²) in [6.45, 7) is 6.23. The van der Waals surface area contributed by atoms with Gasteiger partial charge in [0.25, 0.3) is 10.0 Å². The van der Waals surface area contributed by atoms with Crippen LogP contribution in [0.3, 0.4) is 0 Å². The van der Waals surface area contributed by atoms with Gasteiger partial charge in [0.15, 0.2) is 0 Å². The molecule has 0 aliphatic carbocycles. The predicted molar refractivity (Wildman–Crippen MR) is 103 cm³/mol. The van der Waals surface area contributed by atoms with E-state index in [1.165, 1.54) is 6.07 Å². The molecule has 1 saturated heterocycles. The first-order valence-corrected chi connectivity index (χ1v) is 10.4. The maximum absolute atomic E-state index is 14.0. The topological polar surface area (TPSA) is 52.6 Å². The lowest BCUT2D eigenvalue weighted by Crippen LogP contribution is -2.46. The standard InChI is InChI=1S/C18H20ClF2N3O2S/c1-2-23-7-9-24(10-8-23)17-5-3-13(19)11-16(17)22-27(25,26)18-6-4-14(20)12-15(18)21/h3-6,11-12,22H,2,7-10H2,1H3. The van der Waals surface area contributed by atoms with Gasteiger partial charge >= 0.3 is 0 Å². The molecule has 0 radical (unpaired) electrons. The minimum atomic E-state index is -4.24. The molecule has 0 aromatic heterocycles. The maximum Gasteiger partial charge on any atom is 0.264 e. The van der Waals surface area contributed by atoms with E-state index in [0.717, 1.165) is 44.9 Å². The van der Waals surface area contributed by atoms with Gasteiger partial charge in [-0.25, -0.2) is 17.2 Å². The SMILES string of the molecule is CCN1CCN(c2ccc(Cl)cc2NS(=O)(=O)c2ccc(F)cc2F)CC1.